The molecule has 0 aliphatic carbocycles. The summed E-state index contributed by atoms with van der Waals surface area (Å²) in [5, 5.41) is 0.426. The van der Waals surface area contributed by atoms with Gasteiger partial charge in [0, 0.05) is 11.6 Å². The van der Waals surface area contributed by atoms with Crippen LogP contribution in [0, 0.1) is 6.92 Å². The molecule has 2 N–H and O–H groups in total. The van der Waals surface area contributed by atoms with E-state index in [9.17, 15) is 13.2 Å². The number of aryl methyl sites for hydroxylation is 1. The fraction of sp³-hybridized carbons (Fsp3) is 0.174. The Bertz CT molecular complexity index is 1100. The molecule has 0 saturated heterocycles. The van der Waals surface area contributed by atoms with Gasteiger partial charge in [0.05, 0.1) is 4.90 Å². The van der Waals surface area contributed by atoms with Crippen molar-refractivity contribution in [2.75, 3.05) is 6.54 Å². The van der Waals surface area contributed by atoms with Crippen molar-refractivity contribution in [3.05, 3.63) is 101 Å². The molecule has 30 heavy (non-hydrogen) atoms. The van der Waals surface area contributed by atoms with Gasteiger partial charge in [0.1, 0.15) is 6.04 Å². The maximum atomic E-state index is 13.5. The third kappa shape index (κ3) is 5.08. The second-order valence-corrected chi connectivity index (χ2v) is 9.35. The topological polar surface area (TPSA) is 80.5 Å². The van der Waals surface area contributed by atoms with Gasteiger partial charge in [-0.2, -0.15) is 4.31 Å². The second kappa shape index (κ2) is 9.43. The molecule has 0 aliphatic heterocycles. The number of primary amides is 1. The van der Waals surface area contributed by atoms with Gasteiger partial charge < -0.3 is 5.73 Å². The number of halogens is 1. The Morgan fingerprint density at radius 3 is 2.13 bits per heavy atom. The molecule has 5 nitrogen and oxygen atoms in total. The molecule has 0 heterocycles. The molecule has 0 fully saturated rings. The van der Waals surface area contributed by atoms with Crippen molar-refractivity contribution in [3.8, 4) is 0 Å². The first-order valence-electron chi connectivity index (χ1n) is 9.46. The molecule has 0 radical (unpaired) electrons. The van der Waals surface area contributed by atoms with Crippen LogP contribution in [0.2, 0.25) is 5.02 Å². The number of hydrogen-bond acceptors (Lipinski definition) is 3. The Hall–Kier alpha value is -2.67. The first-order chi connectivity index (χ1) is 14.3. The molecule has 0 unspecified atom stereocenters. The fourth-order valence-corrected chi connectivity index (χ4v) is 4.94. The third-order valence-electron chi connectivity index (χ3n) is 4.83. The molecule has 3 rings (SSSR count). The molecule has 7 heteroatoms. The molecule has 0 aromatic heterocycles. The monoisotopic (exact) mass is 442 g/mol. The van der Waals surface area contributed by atoms with Crippen molar-refractivity contribution in [1.29, 1.82) is 0 Å². The Kier molecular flexibility index (Phi) is 6.92. The second-order valence-electron chi connectivity index (χ2n) is 7.02. The summed E-state index contributed by atoms with van der Waals surface area (Å²) < 4.78 is 28.2. The van der Waals surface area contributed by atoms with Gasteiger partial charge >= 0.3 is 0 Å². The summed E-state index contributed by atoms with van der Waals surface area (Å²) in [6.45, 7) is 2.08. The molecule has 3 aromatic carbocycles. The lowest BCUT2D eigenvalue weighted by Gasteiger charge is -2.29. The fourth-order valence-electron chi connectivity index (χ4n) is 3.23. The zero-order chi connectivity index (χ0) is 21.7. The van der Waals surface area contributed by atoms with Crippen LogP contribution < -0.4 is 5.73 Å². The summed E-state index contributed by atoms with van der Waals surface area (Å²) in [5.41, 5.74) is 8.29. The first kappa shape index (κ1) is 22.0. The summed E-state index contributed by atoms with van der Waals surface area (Å²) in [6.07, 6.45) is 0.434. The maximum Gasteiger partial charge on any atom is 0.244 e. The summed E-state index contributed by atoms with van der Waals surface area (Å²) in [4.78, 5) is 12.5. The van der Waals surface area contributed by atoms with Crippen molar-refractivity contribution in [2.24, 2.45) is 5.73 Å². The summed E-state index contributed by atoms with van der Waals surface area (Å²) in [6, 6.07) is 21.3. The van der Waals surface area contributed by atoms with E-state index in [4.69, 9.17) is 17.3 Å². The van der Waals surface area contributed by atoms with E-state index in [1.54, 1.807) is 30.3 Å². The average molecular weight is 443 g/mol. The molecule has 1 amide bonds. The lowest BCUT2D eigenvalue weighted by atomic mass is 10.1. The number of benzene rings is 3. The van der Waals surface area contributed by atoms with Crippen LogP contribution in [-0.4, -0.2) is 25.2 Å². The first-order valence-corrected chi connectivity index (χ1v) is 11.3. The minimum absolute atomic E-state index is 0.0537. The van der Waals surface area contributed by atoms with Crippen LogP contribution in [0.5, 0.6) is 0 Å². The number of nitrogens with zero attached hydrogens (tertiary/aromatic N) is 1. The van der Waals surface area contributed by atoms with Crippen molar-refractivity contribution in [1.82, 2.24) is 4.31 Å². The number of carbonyl (C=O) groups is 1. The van der Waals surface area contributed by atoms with E-state index < -0.39 is 22.0 Å². The van der Waals surface area contributed by atoms with Crippen molar-refractivity contribution in [3.63, 3.8) is 0 Å². The van der Waals surface area contributed by atoms with Crippen LogP contribution in [0.25, 0.3) is 0 Å². The highest BCUT2D eigenvalue weighted by Gasteiger charge is 2.35. The van der Waals surface area contributed by atoms with Gasteiger partial charge in [-0.15, -0.1) is 0 Å². The Balaban J connectivity index is 2.03. The Morgan fingerprint density at radius 1 is 0.967 bits per heavy atom. The molecule has 0 bridgehead atoms. The van der Waals surface area contributed by atoms with Gasteiger partial charge in [-0.1, -0.05) is 71.8 Å². The molecule has 0 aliphatic rings. The van der Waals surface area contributed by atoms with Gasteiger partial charge in [0.2, 0.25) is 15.9 Å². The van der Waals surface area contributed by atoms with Gasteiger partial charge in [0.15, 0.2) is 0 Å². The van der Waals surface area contributed by atoms with Gasteiger partial charge in [-0.25, -0.2) is 8.42 Å². The van der Waals surface area contributed by atoms with Crippen LogP contribution in [0.1, 0.15) is 22.7 Å². The Morgan fingerprint density at radius 2 is 1.57 bits per heavy atom. The molecular formula is C23H23ClN2O3S. The molecular weight excluding hydrogens is 420 g/mol. The average Bonchev–Trinajstić information content (AvgIpc) is 2.73. The van der Waals surface area contributed by atoms with Crippen LogP contribution in [0.15, 0.2) is 83.8 Å². The molecule has 1 atom stereocenters. The van der Waals surface area contributed by atoms with Crippen LogP contribution >= 0.6 is 11.6 Å². The van der Waals surface area contributed by atoms with E-state index in [1.165, 1.54) is 28.6 Å². The summed E-state index contributed by atoms with van der Waals surface area (Å²) in [5.74, 6) is -0.734. The van der Waals surface area contributed by atoms with Crippen LogP contribution in [-0.2, 0) is 21.2 Å². The highest BCUT2D eigenvalue weighted by atomic mass is 35.5. The number of hydrogen-bond donors (Lipinski definition) is 1. The smallest absolute Gasteiger partial charge is 0.244 e. The van der Waals surface area contributed by atoms with E-state index in [0.29, 0.717) is 17.0 Å². The number of amides is 1. The standard InChI is InChI=1S/C23H23ClN2O3S/c1-17-7-9-18(10-8-17)15-16-26(22(23(25)27)19-5-3-2-4-6-19)30(28,29)21-13-11-20(24)12-14-21/h2-14,22H,15-16H2,1H3,(H2,25,27)/t22-/m1/s1. The SMILES string of the molecule is Cc1ccc(CCN([C@@H](C(N)=O)c2ccccc2)S(=O)(=O)c2ccc(Cl)cc2)cc1. The number of carbonyl (C=O) groups excluding carboxylic acids is 1. The van der Waals surface area contributed by atoms with Crippen LogP contribution in [0.4, 0.5) is 0 Å². The van der Waals surface area contributed by atoms with E-state index in [1.807, 2.05) is 31.2 Å². The predicted molar refractivity (Wildman–Crippen MR) is 119 cm³/mol. The van der Waals surface area contributed by atoms with E-state index >= 15 is 0 Å². The molecule has 156 valence electrons. The van der Waals surface area contributed by atoms with Crippen molar-refractivity contribution >= 4 is 27.5 Å². The molecule has 0 spiro atoms. The number of nitrogens with two attached hydrogens (primary N) is 1. The predicted octanol–water partition coefficient (Wildman–Crippen LogP) is 4.11. The van der Waals surface area contributed by atoms with Crippen LogP contribution in [0.3, 0.4) is 0 Å². The van der Waals surface area contributed by atoms with Crippen molar-refractivity contribution in [2.45, 2.75) is 24.3 Å². The largest absolute Gasteiger partial charge is 0.368 e. The minimum Gasteiger partial charge on any atom is -0.368 e. The van der Waals surface area contributed by atoms with Gasteiger partial charge in [0.25, 0.3) is 0 Å². The van der Waals surface area contributed by atoms with E-state index in [-0.39, 0.29) is 11.4 Å². The molecule has 0 saturated carbocycles. The third-order valence-corrected chi connectivity index (χ3v) is 6.97. The summed E-state index contributed by atoms with van der Waals surface area (Å²) >= 11 is 5.92. The lowest BCUT2D eigenvalue weighted by Crippen LogP contribution is -2.42. The highest BCUT2D eigenvalue weighted by molar-refractivity contribution is 7.89. The number of sulfonamides is 1. The lowest BCUT2D eigenvalue weighted by molar-refractivity contribution is -0.121. The zero-order valence-corrected chi connectivity index (χ0v) is 18.1. The van der Waals surface area contributed by atoms with Crippen molar-refractivity contribution < 1.29 is 13.2 Å². The highest BCUT2D eigenvalue weighted by Crippen LogP contribution is 2.29. The number of rotatable bonds is 8. The normalized spacial score (nSPS) is 12.6. The molecule has 3 aromatic rings. The quantitative estimate of drug-likeness (QED) is 0.570. The zero-order valence-electron chi connectivity index (χ0n) is 16.5. The van der Waals surface area contributed by atoms with Gasteiger partial charge in [-0.05, 0) is 48.7 Å². The summed E-state index contributed by atoms with van der Waals surface area (Å²) in [7, 11) is -4.01. The minimum atomic E-state index is -4.01. The maximum absolute atomic E-state index is 13.5. The van der Waals surface area contributed by atoms with E-state index in [0.717, 1.165) is 11.1 Å². The van der Waals surface area contributed by atoms with Gasteiger partial charge in [-0.3, -0.25) is 4.79 Å². The van der Waals surface area contributed by atoms with E-state index in [2.05, 4.69) is 0 Å². The Labute approximate surface area is 182 Å².